The molecule has 14 heavy (non-hydrogen) atoms. The molecule has 0 aromatic carbocycles. The molecule has 0 spiro atoms. The lowest BCUT2D eigenvalue weighted by Gasteiger charge is -2.05. The maximum Gasteiger partial charge on any atom is 0.451 e. The Morgan fingerprint density at radius 3 is 2.50 bits per heavy atom. The second kappa shape index (κ2) is 3.41. The van der Waals surface area contributed by atoms with Crippen molar-refractivity contribution in [2.24, 2.45) is 0 Å². The molecule has 1 heterocycles. The molecule has 0 bridgehead atoms. The molecule has 1 rings (SSSR count). The van der Waals surface area contributed by atoms with Crippen LogP contribution in [0.15, 0.2) is 6.20 Å². The normalized spacial score (nSPS) is 11.4. The topological polar surface area (TPSA) is 63.1 Å². The highest BCUT2D eigenvalue weighted by molar-refractivity contribution is 6.33. The zero-order chi connectivity index (χ0) is 10.9. The number of hydrogen-bond donors (Lipinski definition) is 1. The molecule has 0 amide bonds. The Morgan fingerprint density at radius 1 is 1.50 bits per heavy atom. The summed E-state index contributed by atoms with van der Waals surface area (Å²) in [6.45, 7) is 0. The minimum absolute atomic E-state index is 0.439. The Kier molecular flexibility index (Phi) is 2.61. The number of carboxylic acid groups (broad SMARTS) is 1. The molecule has 0 aliphatic carbocycles. The van der Waals surface area contributed by atoms with Crippen molar-refractivity contribution in [2.75, 3.05) is 0 Å². The Labute approximate surface area is 80.4 Å². The fraction of sp³-hybridized carbons (Fsp3) is 0.167. The van der Waals surface area contributed by atoms with Crippen LogP contribution in [-0.2, 0) is 6.18 Å². The van der Waals surface area contributed by atoms with Crippen LogP contribution in [0.1, 0.15) is 16.3 Å². The average Bonchev–Trinajstić information content (AvgIpc) is 2.02. The predicted molar refractivity (Wildman–Crippen MR) is 39.0 cm³/mol. The maximum atomic E-state index is 12.0. The molecule has 0 saturated heterocycles. The van der Waals surface area contributed by atoms with E-state index < -0.39 is 28.7 Å². The first-order valence-corrected chi connectivity index (χ1v) is 3.53. The lowest BCUT2D eigenvalue weighted by atomic mass is 10.4. The van der Waals surface area contributed by atoms with Gasteiger partial charge in [-0.2, -0.15) is 13.2 Å². The van der Waals surface area contributed by atoms with E-state index in [0.717, 1.165) is 0 Å². The maximum absolute atomic E-state index is 12.0. The molecule has 0 aliphatic heterocycles. The highest BCUT2D eigenvalue weighted by Gasteiger charge is 2.35. The first-order chi connectivity index (χ1) is 6.32. The second-order valence-corrected chi connectivity index (χ2v) is 2.60. The van der Waals surface area contributed by atoms with Crippen molar-refractivity contribution >= 4 is 17.6 Å². The first kappa shape index (κ1) is 10.7. The van der Waals surface area contributed by atoms with Crippen LogP contribution in [0, 0.1) is 0 Å². The van der Waals surface area contributed by atoms with Gasteiger partial charge in [-0.15, -0.1) is 0 Å². The summed E-state index contributed by atoms with van der Waals surface area (Å²) in [7, 11) is 0. The van der Waals surface area contributed by atoms with Crippen LogP contribution < -0.4 is 0 Å². The third-order valence-electron chi connectivity index (χ3n) is 1.20. The van der Waals surface area contributed by atoms with Crippen molar-refractivity contribution < 1.29 is 23.1 Å². The molecular formula is C6H2ClF3N2O2. The number of carbonyl (C=O) groups is 1. The molecule has 1 aromatic heterocycles. The summed E-state index contributed by atoms with van der Waals surface area (Å²) in [4.78, 5) is 16.0. The van der Waals surface area contributed by atoms with Crippen molar-refractivity contribution in [1.29, 1.82) is 0 Å². The third kappa shape index (κ3) is 2.11. The lowest BCUT2D eigenvalue weighted by Crippen LogP contribution is -2.14. The predicted octanol–water partition coefficient (Wildman–Crippen LogP) is 1.85. The highest BCUT2D eigenvalue weighted by atomic mass is 35.5. The van der Waals surface area contributed by atoms with E-state index in [-0.39, 0.29) is 0 Å². The number of rotatable bonds is 1. The van der Waals surface area contributed by atoms with Gasteiger partial charge in [0.05, 0.1) is 11.2 Å². The van der Waals surface area contributed by atoms with E-state index in [0.29, 0.717) is 6.20 Å². The number of halogens is 4. The number of alkyl halides is 3. The summed E-state index contributed by atoms with van der Waals surface area (Å²) in [6.07, 6.45) is -4.18. The van der Waals surface area contributed by atoms with Gasteiger partial charge in [-0.05, 0) is 0 Å². The quantitative estimate of drug-likeness (QED) is 0.794. The number of aromatic carboxylic acids is 1. The van der Waals surface area contributed by atoms with Gasteiger partial charge in [0.2, 0.25) is 5.82 Å². The number of carboxylic acids is 1. The zero-order valence-electron chi connectivity index (χ0n) is 6.34. The van der Waals surface area contributed by atoms with Gasteiger partial charge in [0.1, 0.15) is 0 Å². The van der Waals surface area contributed by atoms with Crippen molar-refractivity contribution in [1.82, 2.24) is 9.97 Å². The fourth-order valence-corrected chi connectivity index (χ4v) is 0.826. The molecule has 4 nitrogen and oxygen atoms in total. The van der Waals surface area contributed by atoms with Crippen LogP contribution in [0.4, 0.5) is 13.2 Å². The highest BCUT2D eigenvalue weighted by Crippen LogP contribution is 2.27. The van der Waals surface area contributed by atoms with Gasteiger partial charge in [0.15, 0.2) is 5.69 Å². The molecule has 1 N–H and O–H groups in total. The van der Waals surface area contributed by atoms with Gasteiger partial charge < -0.3 is 5.11 Å². The van der Waals surface area contributed by atoms with E-state index in [2.05, 4.69) is 9.97 Å². The van der Waals surface area contributed by atoms with Gasteiger partial charge in [-0.3, -0.25) is 0 Å². The van der Waals surface area contributed by atoms with Gasteiger partial charge in [-0.25, -0.2) is 14.8 Å². The van der Waals surface area contributed by atoms with Gasteiger partial charge in [0.25, 0.3) is 0 Å². The minimum atomic E-state index is -4.78. The summed E-state index contributed by atoms with van der Waals surface area (Å²) >= 11 is 5.27. The zero-order valence-corrected chi connectivity index (χ0v) is 7.10. The second-order valence-electron chi connectivity index (χ2n) is 2.19. The Hall–Kier alpha value is -1.37. The molecule has 0 aliphatic rings. The Morgan fingerprint density at radius 2 is 2.07 bits per heavy atom. The van der Waals surface area contributed by atoms with Crippen molar-refractivity contribution in [3.8, 4) is 0 Å². The fourth-order valence-electron chi connectivity index (χ4n) is 0.654. The Balaban J connectivity index is 3.27. The van der Waals surface area contributed by atoms with Crippen LogP contribution in [0.5, 0.6) is 0 Å². The smallest absolute Gasteiger partial charge is 0.451 e. The number of hydrogen-bond acceptors (Lipinski definition) is 3. The van der Waals surface area contributed by atoms with Crippen molar-refractivity contribution in [2.45, 2.75) is 6.18 Å². The molecule has 8 heteroatoms. The molecule has 0 atom stereocenters. The molecule has 1 aromatic rings. The van der Waals surface area contributed by atoms with Crippen LogP contribution in [0.2, 0.25) is 5.02 Å². The minimum Gasteiger partial charge on any atom is -0.476 e. The van der Waals surface area contributed by atoms with Gasteiger partial charge in [-0.1, -0.05) is 11.6 Å². The average molecular weight is 227 g/mol. The molecule has 0 saturated carbocycles. The van der Waals surface area contributed by atoms with Crippen molar-refractivity contribution in [3.05, 3.63) is 22.7 Å². The summed E-state index contributed by atoms with van der Waals surface area (Å²) in [5, 5.41) is 7.97. The molecule has 0 fully saturated rings. The summed E-state index contributed by atoms with van der Waals surface area (Å²) in [5.41, 5.74) is -0.867. The summed E-state index contributed by atoms with van der Waals surface area (Å²) < 4.78 is 36.0. The van der Waals surface area contributed by atoms with Crippen LogP contribution in [0.25, 0.3) is 0 Å². The molecular weight excluding hydrogens is 225 g/mol. The van der Waals surface area contributed by atoms with E-state index in [1.807, 2.05) is 0 Å². The lowest BCUT2D eigenvalue weighted by molar-refractivity contribution is -0.145. The van der Waals surface area contributed by atoms with Gasteiger partial charge >= 0.3 is 12.1 Å². The monoisotopic (exact) mass is 226 g/mol. The largest absolute Gasteiger partial charge is 0.476 e. The van der Waals surface area contributed by atoms with Crippen molar-refractivity contribution in [3.63, 3.8) is 0 Å². The van der Waals surface area contributed by atoms with Crippen LogP contribution >= 0.6 is 11.6 Å². The molecule has 0 unspecified atom stereocenters. The first-order valence-electron chi connectivity index (χ1n) is 3.15. The van der Waals surface area contributed by atoms with E-state index in [4.69, 9.17) is 16.7 Å². The van der Waals surface area contributed by atoms with Gasteiger partial charge in [0, 0.05) is 0 Å². The van der Waals surface area contributed by atoms with E-state index in [9.17, 15) is 18.0 Å². The van der Waals surface area contributed by atoms with E-state index in [1.54, 1.807) is 0 Å². The van der Waals surface area contributed by atoms with E-state index in [1.165, 1.54) is 0 Å². The standard InChI is InChI=1S/C6H2ClF3N2O2/c7-2-1-11-5(6(8,9)10)12-3(2)4(13)14/h1H,(H,13,14). The summed E-state index contributed by atoms with van der Waals surface area (Å²) in [5.74, 6) is -3.16. The molecule has 76 valence electrons. The van der Waals surface area contributed by atoms with Crippen LogP contribution in [-0.4, -0.2) is 21.0 Å². The van der Waals surface area contributed by atoms with Crippen LogP contribution in [0.3, 0.4) is 0 Å². The SMILES string of the molecule is O=C(O)c1nc(C(F)(F)F)ncc1Cl. The third-order valence-corrected chi connectivity index (χ3v) is 1.48. The summed E-state index contributed by atoms with van der Waals surface area (Å²) in [6, 6.07) is 0. The van der Waals surface area contributed by atoms with E-state index >= 15 is 0 Å². The number of aromatic nitrogens is 2. The number of nitrogens with zero attached hydrogens (tertiary/aromatic N) is 2. The Bertz CT molecular complexity index is 380. The molecule has 0 radical (unpaired) electrons.